The van der Waals surface area contributed by atoms with E-state index in [2.05, 4.69) is 10.2 Å². The van der Waals surface area contributed by atoms with E-state index >= 15 is 0 Å². The quantitative estimate of drug-likeness (QED) is 0.791. The number of allylic oxidation sites excluding steroid dienone is 4. The number of nitrogens with zero attached hydrogens (tertiary/aromatic N) is 2. The van der Waals surface area contributed by atoms with Crippen molar-refractivity contribution in [2.75, 3.05) is 0 Å². The van der Waals surface area contributed by atoms with Gasteiger partial charge in [0.2, 0.25) is 0 Å². The zero-order valence-corrected chi connectivity index (χ0v) is 11.1. The van der Waals surface area contributed by atoms with Gasteiger partial charge in [-0.05, 0) is 18.2 Å². The summed E-state index contributed by atoms with van der Waals surface area (Å²) < 4.78 is 28.4. The van der Waals surface area contributed by atoms with E-state index in [1.807, 2.05) is 0 Å². The van der Waals surface area contributed by atoms with Gasteiger partial charge in [0.05, 0.1) is 11.6 Å². The Kier molecular flexibility index (Phi) is 3.28. The summed E-state index contributed by atoms with van der Waals surface area (Å²) in [5, 5.41) is 25.1. The molecule has 0 saturated heterocycles. The Balaban J connectivity index is 2.15. The molecule has 8 heteroatoms. The number of benzene rings is 1. The molecule has 2 unspecified atom stereocenters. The number of aromatic hydroxyl groups is 2. The number of hydrogen-bond donors (Lipinski definition) is 3. The highest BCUT2D eigenvalue weighted by molar-refractivity contribution is 5.65. The largest absolute Gasteiger partial charge is 0.508 e. The van der Waals surface area contributed by atoms with Crippen LogP contribution in [0, 0.1) is 0 Å². The number of phenolic OH excluding ortho intramolecular Hbond substituents is 2. The predicted molar refractivity (Wildman–Crippen MR) is 73.9 cm³/mol. The third kappa shape index (κ3) is 2.18. The van der Waals surface area contributed by atoms with Crippen molar-refractivity contribution in [3.8, 4) is 22.9 Å². The van der Waals surface area contributed by atoms with Crippen molar-refractivity contribution in [2.45, 2.75) is 12.2 Å². The minimum absolute atomic E-state index is 0.0606. The van der Waals surface area contributed by atoms with Crippen molar-refractivity contribution in [1.29, 1.82) is 0 Å². The average Bonchev–Trinajstić information content (AvgIpc) is 2.84. The molecular formula is C14H11F2N3O3. The first-order valence-corrected chi connectivity index (χ1v) is 6.36. The number of halogens is 2. The van der Waals surface area contributed by atoms with Gasteiger partial charge in [0.1, 0.15) is 17.3 Å². The first kappa shape index (κ1) is 14.1. The number of phenols is 2. The second-order valence-corrected chi connectivity index (χ2v) is 4.75. The lowest BCUT2D eigenvalue weighted by Gasteiger charge is -2.21. The van der Waals surface area contributed by atoms with E-state index in [1.54, 1.807) is 0 Å². The molecule has 0 amide bonds. The van der Waals surface area contributed by atoms with E-state index in [-0.39, 0.29) is 22.9 Å². The number of rotatable bonds is 2. The van der Waals surface area contributed by atoms with Crippen LogP contribution < -0.4 is 5.69 Å². The molecule has 0 bridgehead atoms. The Morgan fingerprint density at radius 1 is 1.32 bits per heavy atom. The molecule has 2 atom stereocenters. The lowest BCUT2D eigenvalue weighted by Crippen LogP contribution is -2.29. The molecule has 1 aromatic carbocycles. The Labute approximate surface area is 122 Å². The number of hydrogen-bond acceptors (Lipinski definition) is 4. The molecule has 3 N–H and O–H groups in total. The highest BCUT2D eigenvalue weighted by atomic mass is 19.2. The fourth-order valence-corrected chi connectivity index (χ4v) is 2.31. The van der Waals surface area contributed by atoms with E-state index < -0.39 is 23.7 Å². The third-order valence-electron chi connectivity index (χ3n) is 3.35. The van der Waals surface area contributed by atoms with Gasteiger partial charge in [-0.25, -0.2) is 18.7 Å². The van der Waals surface area contributed by atoms with Gasteiger partial charge in [-0.3, -0.25) is 4.57 Å². The van der Waals surface area contributed by atoms with Crippen molar-refractivity contribution in [2.24, 2.45) is 0 Å². The van der Waals surface area contributed by atoms with Crippen molar-refractivity contribution in [3.63, 3.8) is 0 Å². The van der Waals surface area contributed by atoms with Crippen LogP contribution in [-0.4, -0.2) is 31.1 Å². The predicted octanol–water partition coefficient (Wildman–Crippen LogP) is 1.95. The molecule has 0 spiro atoms. The Morgan fingerprint density at radius 2 is 2.09 bits per heavy atom. The summed E-state index contributed by atoms with van der Waals surface area (Å²) in [6, 6.07) is 2.44. The van der Waals surface area contributed by atoms with E-state index in [0.29, 0.717) is 0 Å². The summed E-state index contributed by atoms with van der Waals surface area (Å²) in [6.45, 7) is 0. The standard InChI is InChI=1S/C14H11F2N3O3/c15-9-2-1-3-10(12(9)16)19-13(17-18-14(19)22)8-5-4-7(20)6-11(8)21/h1-6,10,12,20-21H,(H,18,22). The molecule has 22 heavy (non-hydrogen) atoms. The van der Waals surface area contributed by atoms with Crippen molar-refractivity contribution in [3.05, 3.63) is 52.7 Å². The van der Waals surface area contributed by atoms with Crippen LogP contribution in [0.5, 0.6) is 11.5 Å². The molecule has 0 radical (unpaired) electrons. The maximum Gasteiger partial charge on any atom is 0.344 e. The second-order valence-electron chi connectivity index (χ2n) is 4.75. The molecule has 0 fully saturated rings. The fourth-order valence-electron chi connectivity index (χ4n) is 2.31. The second kappa shape index (κ2) is 5.14. The van der Waals surface area contributed by atoms with Gasteiger partial charge in [-0.15, -0.1) is 0 Å². The molecule has 6 nitrogen and oxygen atoms in total. The zero-order valence-electron chi connectivity index (χ0n) is 11.1. The van der Waals surface area contributed by atoms with E-state index in [9.17, 15) is 23.8 Å². The number of aromatic nitrogens is 3. The van der Waals surface area contributed by atoms with Crippen LogP contribution in [0.25, 0.3) is 11.4 Å². The summed E-state index contributed by atoms with van der Waals surface area (Å²) in [4.78, 5) is 11.9. The number of nitrogens with one attached hydrogen (secondary N) is 1. The van der Waals surface area contributed by atoms with Crippen molar-refractivity contribution < 1.29 is 19.0 Å². The lowest BCUT2D eigenvalue weighted by molar-refractivity contribution is 0.258. The van der Waals surface area contributed by atoms with Crippen LogP contribution in [0.1, 0.15) is 6.04 Å². The SMILES string of the molecule is O=c1[nH]nc(-c2ccc(O)cc2O)n1C1C=CC=C(F)C1F. The maximum atomic E-state index is 14.0. The van der Waals surface area contributed by atoms with Gasteiger partial charge in [-0.2, -0.15) is 5.10 Å². The molecule has 2 aromatic rings. The van der Waals surface area contributed by atoms with Gasteiger partial charge in [0, 0.05) is 6.07 Å². The molecule has 0 aliphatic heterocycles. The highest BCUT2D eigenvalue weighted by Gasteiger charge is 2.31. The van der Waals surface area contributed by atoms with Gasteiger partial charge in [0.15, 0.2) is 12.0 Å². The summed E-state index contributed by atoms with van der Waals surface area (Å²) in [6.07, 6.45) is 1.57. The highest BCUT2D eigenvalue weighted by Crippen LogP contribution is 2.34. The zero-order chi connectivity index (χ0) is 15.9. The fraction of sp³-hybridized carbons (Fsp3) is 0.143. The third-order valence-corrected chi connectivity index (χ3v) is 3.35. The first-order valence-electron chi connectivity index (χ1n) is 6.36. The molecule has 1 aliphatic carbocycles. The Morgan fingerprint density at radius 3 is 2.82 bits per heavy atom. The van der Waals surface area contributed by atoms with Crippen LogP contribution in [0.2, 0.25) is 0 Å². The minimum atomic E-state index is -2.03. The first-order chi connectivity index (χ1) is 10.5. The molecule has 1 aliphatic rings. The Hall–Kier alpha value is -2.90. The Bertz CT molecular complexity index is 838. The minimum Gasteiger partial charge on any atom is -0.508 e. The van der Waals surface area contributed by atoms with E-state index in [1.165, 1.54) is 24.3 Å². The molecule has 1 aromatic heterocycles. The van der Waals surface area contributed by atoms with Gasteiger partial charge < -0.3 is 10.2 Å². The summed E-state index contributed by atoms with van der Waals surface area (Å²) in [7, 11) is 0. The monoisotopic (exact) mass is 307 g/mol. The number of aromatic amines is 1. The summed E-state index contributed by atoms with van der Waals surface area (Å²) in [5.41, 5.74) is -0.638. The summed E-state index contributed by atoms with van der Waals surface area (Å²) >= 11 is 0. The van der Waals surface area contributed by atoms with Gasteiger partial charge in [0.25, 0.3) is 0 Å². The molecule has 114 valence electrons. The van der Waals surface area contributed by atoms with Crippen molar-refractivity contribution in [1.82, 2.24) is 14.8 Å². The van der Waals surface area contributed by atoms with Crippen molar-refractivity contribution >= 4 is 0 Å². The normalized spacial score (nSPS) is 20.9. The van der Waals surface area contributed by atoms with E-state index in [4.69, 9.17) is 0 Å². The van der Waals surface area contributed by atoms with Crippen LogP contribution in [0.4, 0.5) is 8.78 Å². The van der Waals surface area contributed by atoms with Crippen LogP contribution in [0.15, 0.2) is 47.0 Å². The maximum absolute atomic E-state index is 14.0. The van der Waals surface area contributed by atoms with Gasteiger partial charge >= 0.3 is 5.69 Å². The topological polar surface area (TPSA) is 91.1 Å². The molecule has 0 saturated carbocycles. The van der Waals surface area contributed by atoms with Crippen LogP contribution >= 0.6 is 0 Å². The number of alkyl halides is 1. The molecular weight excluding hydrogens is 296 g/mol. The van der Waals surface area contributed by atoms with E-state index in [0.717, 1.165) is 16.7 Å². The molecule has 3 rings (SSSR count). The lowest BCUT2D eigenvalue weighted by atomic mass is 10.0. The smallest absolute Gasteiger partial charge is 0.344 e. The summed E-state index contributed by atoms with van der Waals surface area (Å²) in [5.74, 6) is -1.58. The number of H-pyrrole nitrogens is 1. The van der Waals surface area contributed by atoms with Gasteiger partial charge in [-0.1, -0.05) is 12.2 Å². The van der Waals surface area contributed by atoms with Crippen LogP contribution in [-0.2, 0) is 0 Å². The molecule has 1 heterocycles. The average molecular weight is 307 g/mol. The van der Waals surface area contributed by atoms with Crippen LogP contribution in [0.3, 0.4) is 0 Å².